The number of carbonyl (C=O) groups is 2. The Morgan fingerprint density at radius 2 is 1.74 bits per heavy atom. The zero-order valence-electron chi connectivity index (χ0n) is 15.5. The standard InChI is InChI=1S/C20H23ClN4O2/c1-3-14-8-5-9-15(4-2)17(14)23-20(27)25-13-7-12-24(25)19(26)16-10-6-11-22-18(16)21/h5-6,8-11H,3-4,7,12-13H2,1-2H3,(H,23,27). The summed E-state index contributed by atoms with van der Waals surface area (Å²) in [6.07, 6.45) is 3.88. The van der Waals surface area contributed by atoms with Crippen LogP contribution < -0.4 is 5.32 Å². The molecule has 142 valence electrons. The van der Waals surface area contributed by atoms with E-state index in [2.05, 4.69) is 24.1 Å². The molecular formula is C20H23ClN4O2. The zero-order valence-corrected chi connectivity index (χ0v) is 16.3. The lowest BCUT2D eigenvalue weighted by atomic mass is 10.0. The summed E-state index contributed by atoms with van der Waals surface area (Å²) in [6.45, 7) is 5.06. The average Bonchev–Trinajstić information content (AvgIpc) is 3.18. The number of rotatable bonds is 4. The highest BCUT2D eigenvalue weighted by atomic mass is 35.5. The Bertz CT molecular complexity index is 833. The van der Waals surface area contributed by atoms with Gasteiger partial charge in [0, 0.05) is 25.0 Å². The minimum Gasteiger partial charge on any atom is -0.306 e. The molecule has 0 saturated carbocycles. The molecule has 1 fully saturated rings. The molecule has 3 amide bonds. The summed E-state index contributed by atoms with van der Waals surface area (Å²) in [4.78, 5) is 29.8. The van der Waals surface area contributed by atoms with Gasteiger partial charge < -0.3 is 5.32 Å². The van der Waals surface area contributed by atoms with Gasteiger partial charge in [0.25, 0.3) is 5.91 Å². The predicted octanol–water partition coefficient (Wildman–Crippen LogP) is 4.15. The monoisotopic (exact) mass is 386 g/mol. The second kappa shape index (κ2) is 8.39. The number of halogens is 1. The molecule has 0 unspecified atom stereocenters. The number of urea groups is 1. The average molecular weight is 387 g/mol. The molecule has 7 heteroatoms. The molecule has 3 rings (SSSR count). The fourth-order valence-corrected chi connectivity index (χ4v) is 3.49. The summed E-state index contributed by atoms with van der Waals surface area (Å²) in [5.74, 6) is -0.319. The summed E-state index contributed by atoms with van der Waals surface area (Å²) in [5.41, 5.74) is 3.29. The quantitative estimate of drug-likeness (QED) is 0.802. The van der Waals surface area contributed by atoms with Crippen LogP contribution in [0.1, 0.15) is 41.8 Å². The fourth-order valence-electron chi connectivity index (χ4n) is 3.29. The topological polar surface area (TPSA) is 65.5 Å². The van der Waals surface area contributed by atoms with E-state index in [0.717, 1.165) is 29.7 Å². The summed E-state index contributed by atoms with van der Waals surface area (Å²) < 4.78 is 0. The first-order valence-electron chi connectivity index (χ1n) is 9.18. The molecule has 1 saturated heterocycles. The largest absolute Gasteiger partial charge is 0.340 e. The molecule has 0 atom stereocenters. The van der Waals surface area contributed by atoms with Crippen molar-refractivity contribution >= 4 is 29.2 Å². The van der Waals surface area contributed by atoms with Crippen molar-refractivity contribution in [2.45, 2.75) is 33.1 Å². The first-order valence-corrected chi connectivity index (χ1v) is 9.56. The molecule has 27 heavy (non-hydrogen) atoms. The molecule has 0 aliphatic carbocycles. The second-order valence-corrected chi connectivity index (χ2v) is 6.69. The third kappa shape index (κ3) is 3.90. The van der Waals surface area contributed by atoms with E-state index in [1.54, 1.807) is 12.1 Å². The van der Waals surface area contributed by atoms with Crippen LogP contribution in [0, 0.1) is 0 Å². The molecule has 2 heterocycles. The maximum Gasteiger partial charge on any atom is 0.340 e. The van der Waals surface area contributed by atoms with Crippen LogP contribution >= 0.6 is 11.6 Å². The second-order valence-electron chi connectivity index (χ2n) is 6.34. The van der Waals surface area contributed by atoms with Crippen LogP contribution in [-0.4, -0.2) is 40.0 Å². The van der Waals surface area contributed by atoms with Crippen molar-refractivity contribution in [2.24, 2.45) is 0 Å². The van der Waals surface area contributed by atoms with Crippen LogP contribution in [0.3, 0.4) is 0 Å². The third-order valence-electron chi connectivity index (χ3n) is 4.72. The van der Waals surface area contributed by atoms with E-state index in [-0.39, 0.29) is 17.1 Å². The van der Waals surface area contributed by atoms with Crippen molar-refractivity contribution in [3.63, 3.8) is 0 Å². The number of pyridine rings is 1. The number of amides is 3. The number of nitrogens with one attached hydrogen (secondary N) is 1. The lowest BCUT2D eigenvalue weighted by molar-refractivity contribution is 0.0404. The number of hydrogen-bond donors (Lipinski definition) is 1. The minimum atomic E-state index is -0.319. The van der Waals surface area contributed by atoms with Crippen molar-refractivity contribution in [1.29, 1.82) is 0 Å². The van der Waals surface area contributed by atoms with Crippen LogP contribution in [0.5, 0.6) is 0 Å². The highest BCUT2D eigenvalue weighted by Gasteiger charge is 2.32. The Morgan fingerprint density at radius 1 is 1.07 bits per heavy atom. The van der Waals surface area contributed by atoms with Crippen molar-refractivity contribution < 1.29 is 9.59 Å². The van der Waals surface area contributed by atoms with Gasteiger partial charge in [-0.2, -0.15) is 0 Å². The Hall–Kier alpha value is -2.60. The molecule has 1 aliphatic rings. The number of nitrogens with zero attached hydrogens (tertiary/aromatic N) is 3. The van der Waals surface area contributed by atoms with Crippen molar-refractivity contribution in [1.82, 2.24) is 15.0 Å². The molecule has 0 spiro atoms. The molecule has 0 bridgehead atoms. The molecule has 1 aliphatic heterocycles. The first-order chi connectivity index (χ1) is 13.1. The van der Waals surface area contributed by atoms with Crippen LogP contribution in [0.15, 0.2) is 36.5 Å². The van der Waals surface area contributed by atoms with Gasteiger partial charge >= 0.3 is 6.03 Å². The Morgan fingerprint density at radius 3 is 2.37 bits per heavy atom. The minimum absolute atomic E-state index is 0.138. The van der Waals surface area contributed by atoms with Crippen LogP contribution in [-0.2, 0) is 12.8 Å². The third-order valence-corrected chi connectivity index (χ3v) is 5.02. The van der Waals surface area contributed by atoms with Gasteiger partial charge in [0.05, 0.1) is 5.56 Å². The van der Waals surface area contributed by atoms with Crippen molar-refractivity contribution in [2.75, 3.05) is 18.4 Å². The predicted molar refractivity (Wildman–Crippen MR) is 106 cm³/mol. The zero-order chi connectivity index (χ0) is 19.4. The Labute approximate surface area is 164 Å². The van der Waals surface area contributed by atoms with E-state index in [1.165, 1.54) is 16.2 Å². The van der Waals surface area contributed by atoms with Gasteiger partial charge in [0.1, 0.15) is 5.15 Å². The van der Waals surface area contributed by atoms with E-state index in [1.807, 2.05) is 18.2 Å². The highest BCUT2D eigenvalue weighted by Crippen LogP contribution is 2.25. The van der Waals surface area contributed by atoms with Crippen LogP contribution in [0.2, 0.25) is 5.15 Å². The number of benzene rings is 1. The Kier molecular flexibility index (Phi) is 5.96. The normalized spacial score (nSPS) is 13.7. The first kappa shape index (κ1) is 19.2. The molecule has 6 nitrogen and oxygen atoms in total. The molecular weight excluding hydrogens is 364 g/mol. The number of aryl methyl sites for hydroxylation is 2. The van der Waals surface area contributed by atoms with E-state index in [9.17, 15) is 9.59 Å². The van der Waals surface area contributed by atoms with Gasteiger partial charge in [0.15, 0.2) is 0 Å². The van der Waals surface area contributed by atoms with Gasteiger partial charge in [0.2, 0.25) is 0 Å². The van der Waals surface area contributed by atoms with Crippen molar-refractivity contribution in [3.8, 4) is 0 Å². The van der Waals surface area contributed by atoms with Gasteiger partial charge in [-0.25, -0.2) is 19.8 Å². The molecule has 1 aromatic heterocycles. The van der Waals surface area contributed by atoms with Gasteiger partial charge in [-0.15, -0.1) is 0 Å². The summed E-state index contributed by atoms with van der Waals surface area (Å²) in [6, 6.07) is 8.99. The highest BCUT2D eigenvalue weighted by molar-refractivity contribution is 6.32. The number of aromatic nitrogens is 1. The number of carbonyl (C=O) groups excluding carboxylic acids is 2. The maximum atomic E-state index is 13.0. The number of anilines is 1. The van der Waals surface area contributed by atoms with Crippen LogP contribution in [0.25, 0.3) is 0 Å². The Balaban J connectivity index is 1.83. The van der Waals surface area contributed by atoms with Gasteiger partial charge in [-0.3, -0.25) is 4.79 Å². The molecule has 2 aromatic rings. The lowest BCUT2D eigenvalue weighted by Crippen LogP contribution is -2.47. The number of hydrazine groups is 1. The summed E-state index contributed by atoms with van der Waals surface area (Å²) in [7, 11) is 0. The molecule has 0 radical (unpaired) electrons. The molecule has 1 N–H and O–H groups in total. The summed E-state index contributed by atoms with van der Waals surface area (Å²) >= 11 is 6.06. The number of para-hydroxylation sites is 1. The maximum absolute atomic E-state index is 13.0. The SMILES string of the molecule is CCc1cccc(CC)c1NC(=O)N1CCCN1C(=O)c1cccnc1Cl. The van der Waals surface area contributed by atoms with Crippen LogP contribution in [0.4, 0.5) is 10.5 Å². The number of hydrogen-bond acceptors (Lipinski definition) is 3. The van der Waals surface area contributed by atoms with E-state index >= 15 is 0 Å². The van der Waals surface area contributed by atoms with Gasteiger partial charge in [-0.05, 0) is 42.5 Å². The van der Waals surface area contributed by atoms with Crippen molar-refractivity contribution in [3.05, 3.63) is 58.4 Å². The fraction of sp³-hybridized carbons (Fsp3) is 0.350. The molecule has 1 aromatic carbocycles. The smallest absolute Gasteiger partial charge is 0.306 e. The van der Waals surface area contributed by atoms with E-state index in [4.69, 9.17) is 11.6 Å². The lowest BCUT2D eigenvalue weighted by Gasteiger charge is -2.29. The summed E-state index contributed by atoms with van der Waals surface area (Å²) in [5, 5.41) is 6.06. The van der Waals surface area contributed by atoms with Gasteiger partial charge in [-0.1, -0.05) is 43.6 Å². The van der Waals surface area contributed by atoms with E-state index in [0.29, 0.717) is 25.1 Å². The van der Waals surface area contributed by atoms with E-state index < -0.39 is 0 Å².